The van der Waals surface area contributed by atoms with Crippen LogP contribution >= 0.6 is 0 Å². The fourth-order valence-corrected chi connectivity index (χ4v) is 2.57. The second kappa shape index (κ2) is 7.26. The maximum atomic E-state index is 12.4. The second-order valence-corrected chi connectivity index (χ2v) is 5.77. The minimum Gasteiger partial charge on any atom is -0.459 e. The fourth-order valence-electron chi connectivity index (χ4n) is 2.57. The first kappa shape index (κ1) is 17.0. The molecule has 0 atom stereocenters. The Hall–Kier alpha value is -2.37. The van der Waals surface area contributed by atoms with Gasteiger partial charge in [0.15, 0.2) is 0 Å². The summed E-state index contributed by atoms with van der Waals surface area (Å²) in [6.07, 6.45) is 1.81. The van der Waals surface area contributed by atoms with Crippen LogP contribution in [0.25, 0.3) is 0 Å². The van der Waals surface area contributed by atoms with Crippen LogP contribution in [-0.2, 0) is 25.5 Å². The third kappa shape index (κ3) is 3.88. The van der Waals surface area contributed by atoms with Gasteiger partial charge in [0, 0.05) is 23.8 Å². The van der Waals surface area contributed by atoms with Crippen molar-refractivity contribution in [3.8, 4) is 0 Å². The first-order valence-electron chi connectivity index (χ1n) is 7.86. The number of nitrogens with zero attached hydrogens (tertiary/aromatic N) is 1. The normalized spacial score (nSPS) is 13.5. The lowest BCUT2D eigenvalue weighted by atomic mass is 9.99. The van der Waals surface area contributed by atoms with Crippen molar-refractivity contribution in [2.45, 2.75) is 33.6 Å². The van der Waals surface area contributed by atoms with E-state index in [9.17, 15) is 14.4 Å². The molecule has 0 unspecified atom stereocenters. The molecular formula is C17H22N2O4. The largest absolute Gasteiger partial charge is 0.459 e. The maximum Gasteiger partial charge on any atom is 0.397 e. The number of hydrogen-bond donors (Lipinski definition) is 1. The molecule has 6 nitrogen and oxygen atoms in total. The van der Waals surface area contributed by atoms with E-state index in [0.717, 1.165) is 24.1 Å². The lowest BCUT2D eigenvalue weighted by molar-refractivity contribution is -0.152. The first-order valence-corrected chi connectivity index (χ1v) is 7.86. The van der Waals surface area contributed by atoms with Gasteiger partial charge < -0.3 is 15.0 Å². The number of hydrogen-bond acceptors (Lipinski definition) is 4. The highest BCUT2D eigenvalue weighted by atomic mass is 16.5. The molecule has 1 aliphatic rings. The molecule has 1 heterocycles. The van der Waals surface area contributed by atoms with Gasteiger partial charge in [-0.1, -0.05) is 19.9 Å². The molecule has 0 aromatic heterocycles. The number of ether oxygens (including phenoxy) is 1. The molecule has 1 aromatic rings. The predicted octanol–water partition coefficient (Wildman–Crippen LogP) is 2.12. The summed E-state index contributed by atoms with van der Waals surface area (Å²) in [4.78, 5) is 37.2. The van der Waals surface area contributed by atoms with E-state index in [1.54, 1.807) is 24.0 Å². The van der Waals surface area contributed by atoms with E-state index in [-0.39, 0.29) is 18.4 Å². The monoisotopic (exact) mass is 318 g/mol. The summed E-state index contributed by atoms with van der Waals surface area (Å²) in [6.45, 7) is 6.18. The van der Waals surface area contributed by atoms with Crippen LogP contribution < -0.4 is 10.2 Å². The number of carbonyl (C=O) groups is 3. The molecule has 0 radical (unpaired) electrons. The second-order valence-electron chi connectivity index (χ2n) is 5.77. The molecule has 2 amide bonds. The zero-order valence-corrected chi connectivity index (χ0v) is 13.7. The van der Waals surface area contributed by atoms with Crippen LogP contribution in [0.3, 0.4) is 0 Å². The van der Waals surface area contributed by atoms with Crippen molar-refractivity contribution >= 4 is 29.2 Å². The number of esters is 1. The summed E-state index contributed by atoms with van der Waals surface area (Å²) < 4.78 is 4.66. The van der Waals surface area contributed by atoms with E-state index in [1.807, 2.05) is 19.9 Å². The Bertz CT molecular complexity index is 625. The van der Waals surface area contributed by atoms with Gasteiger partial charge in [-0.3, -0.25) is 9.59 Å². The van der Waals surface area contributed by atoms with Crippen molar-refractivity contribution in [2.75, 3.05) is 23.4 Å². The molecule has 1 N–H and O–H groups in total. The van der Waals surface area contributed by atoms with Crippen molar-refractivity contribution in [1.82, 2.24) is 0 Å². The topological polar surface area (TPSA) is 75.7 Å². The van der Waals surface area contributed by atoms with Crippen LogP contribution in [0.2, 0.25) is 0 Å². The zero-order valence-electron chi connectivity index (χ0n) is 13.7. The molecule has 0 saturated heterocycles. The van der Waals surface area contributed by atoms with Crippen molar-refractivity contribution < 1.29 is 19.1 Å². The van der Waals surface area contributed by atoms with Gasteiger partial charge in [0.25, 0.3) is 0 Å². The van der Waals surface area contributed by atoms with Crippen LogP contribution in [0.4, 0.5) is 11.4 Å². The molecule has 6 heteroatoms. The first-order chi connectivity index (χ1) is 10.9. The third-order valence-electron chi connectivity index (χ3n) is 3.68. The van der Waals surface area contributed by atoms with Gasteiger partial charge in [-0.15, -0.1) is 0 Å². The van der Waals surface area contributed by atoms with Crippen molar-refractivity contribution in [2.24, 2.45) is 5.92 Å². The molecule has 124 valence electrons. The van der Waals surface area contributed by atoms with Crippen LogP contribution in [0, 0.1) is 5.92 Å². The molecule has 0 saturated carbocycles. The quantitative estimate of drug-likeness (QED) is 0.684. The van der Waals surface area contributed by atoms with E-state index in [1.165, 1.54) is 0 Å². The fraction of sp³-hybridized carbons (Fsp3) is 0.471. The van der Waals surface area contributed by atoms with Crippen LogP contribution in [0.5, 0.6) is 0 Å². The van der Waals surface area contributed by atoms with Crippen molar-refractivity contribution in [3.05, 3.63) is 23.8 Å². The number of aryl methyl sites for hydroxylation is 1. The maximum absolute atomic E-state index is 12.4. The summed E-state index contributed by atoms with van der Waals surface area (Å²) in [5.74, 6) is -1.77. The van der Waals surface area contributed by atoms with Gasteiger partial charge in [0.05, 0.1) is 6.61 Å². The summed E-state index contributed by atoms with van der Waals surface area (Å²) in [5.41, 5.74) is 2.35. The average molecular weight is 318 g/mol. The smallest absolute Gasteiger partial charge is 0.397 e. The van der Waals surface area contributed by atoms with Gasteiger partial charge in [0.1, 0.15) is 0 Å². The number of benzene rings is 1. The Labute approximate surface area is 135 Å². The third-order valence-corrected chi connectivity index (χ3v) is 3.68. The van der Waals surface area contributed by atoms with Gasteiger partial charge in [-0.05, 0) is 37.5 Å². The standard InChI is InChI=1S/C17H22N2O4/c1-4-23-17(22)15(20)18-13-8-7-12-6-5-9-19(14(12)10-13)16(21)11(2)3/h7-8,10-11H,4-6,9H2,1-3H3,(H,18,20). The Kier molecular flexibility index (Phi) is 5.36. The van der Waals surface area contributed by atoms with Crippen LogP contribution in [0.15, 0.2) is 18.2 Å². The van der Waals surface area contributed by atoms with E-state index < -0.39 is 11.9 Å². The SMILES string of the molecule is CCOC(=O)C(=O)Nc1ccc2c(c1)N(C(=O)C(C)C)CCC2. The highest BCUT2D eigenvalue weighted by Gasteiger charge is 2.25. The zero-order chi connectivity index (χ0) is 17.0. The van der Waals surface area contributed by atoms with Gasteiger partial charge in [0.2, 0.25) is 5.91 Å². The van der Waals surface area contributed by atoms with Crippen molar-refractivity contribution in [3.63, 3.8) is 0 Å². The minimum absolute atomic E-state index is 0.0554. The van der Waals surface area contributed by atoms with E-state index in [2.05, 4.69) is 10.1 Å². The molecular weight excluding hydrogens is 296 g/mol. The number of fused-ring (bicyclic) bond motifs is 1. The van der Waals surface area contributed by atoms with Crippen molar-refractivity contribution in [1.29, 1.82) is 0 Å². The molecule has 1 aromatic carbocycles. The molecule has 0 aliphatic carbocycles. The number of nitrogens with one attached hydrogen (secondary N) is 1. The molecule has 2 rings (SSSR count). The van der Waals surface area contributed by atoms with Gasteiger partial charge >= 0.3 is 11.9 Å². The summed E-state index contributed by atoms with van der Waals surface area (Å²) in [6, 6.07) is 5.36. The summed E-state index contributed by atoms with van der Waals surface area (Å²) in [5, 5.41) is 2.51. The highest BCUT2D eigenvalue weighted by Crippen LogP contribution is 2.31. The molecule has 0 fully saturated rings. The van der Waals surface area contributed by atoms with E-state index in [0.29, 0.717) is 12.2 Å². The van der Waals surface area contributed by atoms with E-state index >= 15 is 0 Å². The number of rotatable bonds is 3. The Morgan fingerprint density at radius 2 is 2.04 bits per heavy atom. The lowest BCUT2D eigenvalue weighted by Gasteiger charge is -2.31. The molecule has 23 heavy (non-hydrogen) atoms. The minimum atomic E-state index is -0.916. The van der Waals surface area contributed by atoms with Crippen LogP contribution in [-0.4, -0.2) is 30.9 Å². The summed E-state index contributed by atoms with van der Waals surface area (Å²) in [7, 11) is 0. The average Bonchev–Trinajstić information content (AvgIpc) is 2.53. The van der Waals surface area contributed by atoms with Gasteiger partial charge in [-0.2, -0.15) is 0 Å². The van der Waals surface area contributed by atoms with Gasteiger partial charge in [-0.25, -0.2) is 4.79 Å². The Morgan fingerprint density at radius 3 is 2.70 bits per heavy atom. The number of anilines is 2. The lowest BCUT2D eigenvalue weighted by Crippen LogP contribution is -2.38. The highest BCUT2D eigenvalue weighted by molar-refractivity contribution is 6.37. The Morgan fingerprint density at radius 1 is 1.30 bits per heavy atom. The molecule has 0 spiro atoms. The molecule has 1 aliphatic heterocycles. The number of carbonyl (C=O) groups excluding carboxylic acids is 3. The summed E-state index contributed by atoms with van der Waals surface area (Å²) >= 11 is 0. The molecule has 0 bridgehead atoms. The van der Waals surface area contributed by atoms with E-state index in [4.69, 9.17) is 0 Å². The number of amides is 2. The predicted molar refractivity (Wildman–Crippen MR) is 87.2 cm³/mol. The van der Waals surface area contributed by atoms with Crippen LogP contribution in [0.1, 0.15) is 32.8 Å². The Balaban J connectivity index is 2.23.